The Hall–Kier alpha value is -2.33. The Labute approximate surface area is 133 Å². The Morgan fingerprint density at radius 1 is 1.18 bits per heavy atom. The Balaban J connectivity index is 1.71. The van der Waals surface area contributed by atoms with Gasteiger partial charge in [0.2, 0.25) is 5.60 Å². The molecule has 0 spiro atoms. The first-order valence-electron chi connectivity index (χ1n) is 6.94. The quantitative estimate of drug-likeness (QED) is 0.935. The van der Waals surface area contributed by atoms with Gasteiger partial charge in [0.05, 0.1) is 5.71 Å². The molecule has 0 aromatic heterocycles. The van der Waals surface area contributed by atoms with Gasteiger partial charge in [-0.1, -0.05) is 47.1 Å². The maximum Gasteiger partial charge on any atom is 0.271 e. The number of para-hydroxylation sites is 1. The van der Waals surface area contributed by atoms with Gasteiger partial charge in [0.1, 0.15) is 0 Å². The second-order valence-corrected chi connectivity index (χ2v) is 5.80. The zero-order valence-corrected chi connectivity index (χ0v) is 12.8. The van der Waals surface area contributed by atoms with Crippen molar-refractivity contribution in [3.05, 3.63) is 65.2 Å². The summed E-state index contributed by atoms with van der Waals surface area (Å²) in [5.74, 6) is -0.216. The number of rotatable bonds is 3. The number of amides is 1. The van der Waals surface area contributed by atoms with Crippen LogP contribution in [0.25, 0.3) is 0 Å². The fourth-order valence-electron chi connectivity index (χ4n) is 2.24. The summed E-state index contributed by atoms with van der Waals surface area (Å²) in [6.45, 7) is 1.73. The number of hydrogen-bond donors (Lipinski definition) is 1. The maximum absolute atomic E-state index is 12.4. The zero-order valence-electron chi connectivity index (χ0n) is 12.0. The van der Waals surface area contributed by atoms with Crippen molar-refractivity contribution < 1.29 is 9.63 Å². The lowest BCUT2D eigenvalue weighted by Gasteiger charge is -2.20. The molecule has 4 nitrogen and oxygen atoms in total. The highest BCUT2D eigenvalue weighted by atomic mass is 35.5. The summed E-state index contributed by atoms with van der Waals surface area (Å²) in [6.07, 6.45) is 0.410. The van der Waals surface area contributed by atoms with Crippen LogP contribution in [0.1, 0.15) is 18.9 Å². The minimum absolute atomic E-state index is 0.216. The topological polar surface area (TPSA) is 50.7 Å². The molecule has 0 aliphatic carbocycles. The van der Waals surface area contributed by atoms with Gasteiger partial charge < -0.3 is 10.2 Å². The van der Waals surface area contributed by atoms with Crippen LogP contribution in [0.2, 0.25) is 5.02 Å². The SMILES string of the molecule is CC1(C(=O)Nc2ccccc2)CC(c2ccc(Cl)cc2)=NO1. The molecule has 0 saturated carbocycles. The number of oxime groups is 1. The summed E-state index contributed by atoms with van der Waals surface area (Å²) in [5.41, 5.74) is 1.37. The molecule has 2 aromatic rings. The Morgan fingerprint density at radius 3 is 2.55 bits per heavy atom. The second-order valence-electron chi connectivity index (χ2n) is 5.36. The largest absolute Gasteiger partial charge is 0.379 e. The van der Waals surface area contributed by atoms with Crippen LogP contribution in [-0.4, -0.2) is 17.2 Å². The molecule has 5 heteroatoms. The van der Waals surface area contributed by atoms with Crippen LogP contribution in [-0.2, 0) is 9.63 Å². The van der Waals surface area contributed by atoms with Crippen LogP contribution < -0.4 is 5.32 Å². The highest BCUT2D eigenvalue weighted by Crippen LogP contribution is 2.28. The van der Waals surface area contributed by atoms with Crippen molar-refractivity contribution in [3.8, 4) is 0 Å². The molecular formula is C17H15ClN2O2. The van der Waals surface area contributed by atoms with E-state index in [9.17, 15) is 4.79 Å². The molecule has 1 heterocycles. The number of nitrogens with zero attached hydrogens (tertiary/aromatic N) is 1. The molecule has 1 amide bonds. The number of benzene rings is 2. The van der Waals surface area contributed by atoms with Crippen molar-refractivity contribution in [2.45, 2.75) is 18.9 Å². The number of hydrogen-bond acceptors (Lipinski definition) is 3. The molecule has 0 radical (unpaired) electrons. The standard InChI is InChI=1S/C17H15ClN2O2/c1-17(16(21)19-14-5-3-2-4-6-14)11-15(20-22-17)12-7-9-13(18)10-8-12/h2-10H,11H2,1H3,(H,19,21). The lowest BCUT2D eigenvalue weighted by Crippen LogP contribution is -2.40. The molecule has 1 N–H and O–H groups in total. The van der Waals surface area contributed by atoms with Crippen LogP contribution >= 0.6 is 11.6 Å². The van der Waals surface area contributed by atoms with E-state index in [1.807, 2.05) is 42.5 Å². The van der Waals surface area contributed by atoms with Crippen molar-refractivity contribution in [3.63, 3.8) is 0 Å². The van der Waals surface area contributed by atoms with Gasteiger partial charge in [-0.3, -0.25) is 4.79 Å². The predicted molar refractivity (Wildman–Crippen MR) is 87.2 cm³/mol. The fourth-order valence-corrected chi connectivity index (χ4v) is 2.37. The Morgan fingerprint density at radius 2 is 1.86 bits per heavy atom. The lowest BCUT2D eigenvalue weighted by molar-refractivity contribution is -0.135. The molecule has 0 saturated heterocycles. The first-order valence-corrected chi connectivity index (χ1v) is 7.32. The van der Waals surface area contributed by atoms with Crippen molar-refractivity contribution in [2.75, 3.05) is 5.32 Å². The van der Waals surface area contributed by atoms with Crippen molar-refractivity contribution in [1.82, 2.24) is 0 Å². The molecule has 1 unspecified atom stereocenters. The Kier molecular flexibility index (Phi) is 3.86. The van der Waals surface area contributed by atoms with Gasteiger partial charge in [-0.05, 0) is 36.8 Å². The monoisotopic (exact) mass is 314 g/mol. The minimum atomic E-state index is -1.01. The van der Waals surface area contributed by atoms with E-state index in [4.69, 9.17) is 16.4 Å². The number of anilines is 1. The number of carbonyl (C=O) groups excluding carboxylic acids is 1. The van der Waals surface area contributed by atoms with Crippen molar-refractivity contribution >= 4 is 28.9 Å². The molecule has 2 aromatic carbocycles. The summed E-state index contributed by atoms with van der Waals surface area (Å²) in [6, 6.07) is 16.6. The molecule has 1 aliphatic rings. The first-order chi connectivity index (χ1) is 10.6. The smallest absolute Gasteiger partial charge is 0.271 e. The number of halogens is 1. The predicted octanol–water partition coefficient (Wildman–Crippen LogP) is 3.86. The third kappa shape index (κ3) is 2.97. The molecular weight excluding hydrogens is 300 g/mol. The molecule has 3 rings (SSSR count). The average Bonchev–Trinajstić information content (AvgIpc) is 2.93. The lowest BCUT2D eigenvalue weighted by atomic mass is 9.95. The fraction of sp³-hybridized carbons (Fsp3) is 0.176. The zero-order chi connectivity index (χ0) is 15.6. The Bertz CT molecular complexity index is 713. The number of carbonyl (C=O) groups is 1. The number of nitrogens with one attached hydrogen (secondary N) is 1. The molecule has 0 fully saturated rings. The van der Waals surface area contributed by atoms with Gasteiger partial charge in [-0.25, -0.2) is 0 Å². The summed E-state index contributed by atoms with van der Waals surface area (Å²) in [7, 11) is 0. The highest BCUT2D eigenvalue weighted by Gasteiger charge is 2.42. The summed E-state index contributed by atoms with van der Waals surface area (Å²) >= 11 is 5.88. The third-order valence-corrected chi connectivity index (χ3v) is 3.80. The minimum Gasteiger partial charge on any atom is -0.379 e. The maximum atomic E-state index is 12.4. The normalized spacial score (nSPS) is 20.2. The van der Waals surface area contributed by atoms with Crippen LogP contribution in [0.3, 0.4) is 0 Å². The van der Waals surface area contributed by atoms with E-state index in [-0.39, 0.29) is 5.91 Å². The molecule has 1 atom stereocenters. The molecule has 22 heavy (non-hydrogen) atoms. The van der Waals surface area contributed by atoms with E-state index >= 15 is 0 Å². The van der Waals surface area contributed by atoms with Gasteiger partial charge in [0.15, 0.2) is 0 Å². The summed E-state index contributed by atoms with van der Waals surface area (Å²) in [5, 5.41) is 7.57. The van der Waals surface area contributed by atoms with E-state index in [2.05, 4.69) is 10.5 Å². The van der Waals surface area contributed by atoms with Gasteiger partial charge in [0, 0.05) is 17.1 Å². The van der Waals surface area contributed by atoms with Crippen LogP contribution in [0.15, 0.2) is 59.8 Å². The van der Waals surface area contributed by atoms with Crippen molar-refractivity contribution in [1.29, 1.82) is 0 Å². The van der Waals surface area contributed by atoms with Crippen LogP contribution in [0, 0.1) is 0 Å². The van der Waals surface area contributed by atoms with Crippen LogP contribution in [0.5, 0.6) is 0 Å². The summed E-state index contributed by atoms with van der Waals surface area (Å²) in [4.78, 5) is 17.9. The van der Waals surface area contributed by atoms with E-state index in [0.717, 1.165) is 17.0 Å². The molecule has 1 aliphatic heterocycles. The first kappa shape index (κ1) is 14.6. The second kappa shape index (κ2) is 5.81. The van der Waals surface area contributed by atoms with Gasteiger partial charge >= 0.3 is 0 Å². The van der Waals surface area contributed by atoms with Crippen molar-refractivity contribution in [2.24, 2.45) is 5.16 Å². The van der Waals surface area contributed by atoms with Gasteiger partial charge in [-0.15, -0.1) is 0 Å². The van der Waals surface area contributed by atoms with E-state index in [1.54, 1.807) is 19.1 Å². The van der Waals surface area contributed by atoms with Crippen LogP contribution in [0.4, 0.5) is 5.69 Å². The molecule has 112 valence electrons. The highest BCUT2D eigenvalue weighted by molar-refractivity contribution is 6.30. The molecule has 0 bridgehead atoms. The average molecular weight is 315 g/mol. The third-order valence-electron chi connectivity index (χ3n) is 3.55. The van der Waals surface area contributed by atoms with Gasteiger partial charge in [0.25, 0.3) is 5.91 Å². The van der Waals surface area contributed by atoms with E-state index in [1.165, 1.54) is 0 Å². The van der Waals surface area contributed by atoms with E-state index < -0.39 is 5.60 Å². The van der Waals surface area contributed by atoms with E-state index in [0.29, 0.717) is 11.4 Å². The van der Waals surface area contributed by atoms with Gasteiger partial charge in [-0.2, -0.15) is 0 Å². The summed E-state index contributed by atoms with van der Waals surface area (Å²) < 4.78 is 0.